The van der Waals surface area contributed by atoms with Crippen LogP contribution in [0.1, 0.15) is 0 Å². The maximum atomic E-state index is 12.6. The second-order valence-electron chi connectivity index (χ2n) is 3.81. The molecule has 0 radical (unpaired) electrons. The zero-order valence-electron chi connectivity index (χ0n) is 11.0. The molecule has 0 aliphatic carbocycles. The lowest BCUT2D eigenvalue weighted by molar-refractivity contribution is -0.126. The molecule has 5 N–H and O–H groups in total. The first-order valence-electron chi connectivity index (χ1n) is 5.80. The van der Waals surface area contributed by atoms with Crippen molar-refractivity contribution in [1.29, 1.82) is 0 Å². The number of carbonyl (C=O) groups excluding carboxylic acids is 3. The molecule has 7 nitrogen and oxygen atoms in total. The second-order valence-corrected chi connectivity index (χ2v) is 3.81. The number of hydrogen-bond donors (Lipinski definition) is 4. The number of benzene rings is 1. The molecular formula is C12H16ClFN4O3. The summed E-state index contributed by atoms with van der Waals surface area (Å²) in [6.45, 7) is -0.715. The number of anilines is 1. The number of halogens is 2. The largest absolute Gasteiger partial charge is 0.346 e. The summed E-state index contributed by atoms with van der Waals surface area (Å²) in [6.07, 6.45) is 0. The minimum absolute atomic E-state index is 0. The molecule has 0 aromatic heterocycles. The summed E-state index contributed by atoms with van der Waals surface area (Å²) in [4.78, 5) is 33.5. The van der Waals surface area contributed by atoms with Crippen LogP contribution in [0.2, 0.25) is 0 Å². The standard InChI is InChI=1S/C12H15FN4O3.ClH/c13-8-1-3-9(4-2-8)17-12(20)7-16-11(19)6-15-10(18)5-14;/h1-4H,5-7,14H2,(H,15,18)(H,16,19)(H,17,20);1H. The highest BCUT2D eigenvalue weighted by molar-refractivity contribution is 5.95. The second kappa shape index (κ2) is 9.67. The molecule has 9 heteroatoms. The van der Waals surface area contributed by atoms with E-state index in [1.807, 2.05) is 0 Å². The summed E-state index contributed by atoms with van der Waals surface area (Å²) in [5, 5.41) is 7.05. The number of nitrogens with two attached hydrogens (primary N) is 1. The molecule has 21 heavy (non-hydrogen) atoms. The van der Waals surface area contributed by atoms with Crippen LogP contribution < -0.4 is 21.7 Å². The monoisotopic (exact) mass is 318 g/mol. The SMILES string of the molecule is Cl.NCC(=O)NCC(=O)NCC(=O)Nc1ccc(F)cc1. The zero-order chi connectivity index (χ0) is 15.0. The van der Waals surface area contributed by atoms with E-state index in [1.54, 1.807) is 0 Å². The number of carbonyl (C=O) groups is 3. The van der Waals surface area contributed by atoms with Crippen LogP contribution in [-0.4, -0.2) is 37.4 Å². The molecule has 0 atom stereocenters. The maximum Gasteiger partial charge on any atom is 0.243 e. The molecule has 0 unspecified atom stereocenters. The fourth-order valence-electron chi connectivity index (χ4n) is 1.23. The first-order chi connectivity index (χ1) is 9.51. The summed E-state index contributed by atoms with van der Waals surface area (Å²) in [6, 6.07) is 5.21. The first kappa shape index (κ1) is 18.8. The Balaban J connectivity index is 0.00000400. The normalized spacial score (nSPS) is 9.24. The maximum absolute atomic E-state index is 12.6. The number of rotatable bonds is 6. The molecule has 0 spiro atoms. The van der Waals surface area contributed by atoms with Crippen molar-refractivity contribution in [1.82, 2.24) is 10.6 Å². The van der Waals surface area contributed by atoms with Gasteiger partial charge in [0.2, 0.25) is 17.7 Å². The van der Waals surface area contributed by atoms with Crippen molar-refractivity contribution in [2.45, 2.75) is 0 Å². The predicted molar refractivity (Wildman–Crippen MR) is 77.4 cm³/mol. The average Bonchev–Trinajstić information content (AvgIpc) is 2.45. The van der Waals surface area contributed by atoms with E-state index >= 15 is 0 Å². The Morgan fingerprint density at radius 2 is 1.48 bits per heavy atom. The van der Waals surface area contributed by atoms with Crippen molar-refractivity contribution in [3.8, 4) is 0 Å². The van der Waals surface area contributed by atoms with Crippen LogP contribution in [0.5, 0.6) is 0 Å². The van der Waals surface area contributed by atoms with Gasteiger partial charge in [-0.2, -0.15) is 0 Å². The van der Waals surface area contributed by atoms with E-state index in [-0.39, 0.29) is 32.0 Å². The Morgan fingerprint density at radius 1 is 0.952 bits per heavy atom. The Kier molecular flexibility index (Phi) is 8.66. The van der Waals surface area contributed by atoms with Gasteiger partial charge < -0.3 is 21.7 Å². The van der Waals surface area contributed by atoms with E-state index in [2.05, 4.69) is 16.0 Å². The molecule has 1 aromatic rings. The third-order valence-corrected chi connectivity index (χ3v) is 2.21. The number of nitrogens with one attached hydrogen (secondary N) is 3. The van der Waals surface area contributed by atoms with Crippen molar-refractivity contribution in [2.75, 3.05) is 25.0 Å². The van der Waals surface area contributed by atoms with Gasteiger partial charge in [0, 0.05) is 5.69 Å². The lowest BCUT2D eigenvalue weighted by Crippen LogP contribution is -2.41. The Bertz CT molecular complexity index is 496. The van der Waals surface area contributed by atoms with E-state index in [1.165, 1.54) is 24.3 Å². The molecule has 0 heterocycles. The minimum Gasteiger partial charge on any atom is -0.346 e. The van der Waals surface area contributed by atoms with E-state index in [9.17, 15) is 18.8 Å². The van der Waals surface area contributed by atoms with Gasteiger partial charge in [-0.3, -0.25) is 14.4 Å². The highest BCUT2D eigenvalue weighted by Crippen LogP contribution is 2.07. The molecule has 116 valence electrons. The van der Waals surface area contributed by atoms with Crippen LogP contribution in [0, 0.1) is 5.82 Å². The third-order valence-electron chi connectivity index (χ3n) is 2.21. The van der Waals surface area contributed by atoms with Crippen molar-refractivity contribution < 1.29 is 18.8 Å². The number of hydrogen-bond acceptors (Lipinski definition) is 4. The zero-order valence-corrected chi connectivity index (χ0v) is 11.8. The van der Waals surface area contributed by atoms with Crippen LogP contribution in [0.25, 0.3) is 0 Å². The van der Waals surface area contributed by atoms with Crippen LogP contribution in [0.3, 0.4) is 0 Å². The quantitative estimate of drug-likeness (QED) is 0.559. The highest BCUT2D eigenvalue weighted by atomic mass is 35.5. The van der Waals surface area contributed by atoms with Crippen LogP contribution >= 0.6 is 12.4 Å². The van der Waals surface area contributed by atoms with Crippen molar-refractivity contribution in [3.05, 3.63) is 30.1 Å². The fraction of sp³-hybridized carbons (Fsp3) is 0.250. The smallest absolute Gasteiger partial charge is 0.243 e. The van der Waals surface area contributed by atoms with Gasteiger partial charge in [0.1, 0.15) is 5.82 Å². The molecule has 0 bridgehead atoms. The molecule has 1 aromatic carbocycles. The first-order valence-corrected chi connectivity index (χ1v) is 5.80. The molecule has 0 saturated carbocycles. The van der Waals surface area contributed by atoms with E-state index in [4.69, 9.17) is 5.73 Å². The van der Waals surface area contributed by atoms with Gasteiger partial charge in [0.05, 0.1) is 19.6 Å². The molecular weight excluding hydrogens is 303 g/mol. The van der Waals surface area contributed by atoms with E-state index in [0.717, 1.165) is 0 Å². The molecule has 0 saturated heterocycles. The number of amides is 3. The summed E-state index contributed by atoms with van der Waals surface area (Å²) < 4.78 is 12.6. The molecule has 1 rings (SSSR count). The molecule has 0 aliphatic heterocycles. The third kappa shape index (κ3) is 7.85. The Morgan fingerprint density at radius 3 is 2.05 bits per heavy atom. The van der Waals surface area contributed by atoms with Crippen LogP contribution in [0.15, 0.2) is 24.3 Å². The van der Waals surface area contributed by atoms with Gasteiger partial charge in [-0.1, -0.05) is 0 Å². The average molecular weight is 319 g/mol. The fourth-order valence-corrected chi connectivity index (χ4v) is 1.23. The molecule has 0 fully saturated rings. The molecule has 3 amide bonds. The topological polar surface area (TPSA) is 113 Å². The van der Waals surface area contributed by atoms with Crippen molar-refractivity contribution in [2.24, 2.45) is 5.73 Å². The van der Waals surface area contributed by atoms with Gasteiger partial charge in [-0.15, -0.1) is 12.4 Å². The predicted octanol–water partition coefficient (Wildman–Crippen LogP) is -0.623. The lowest BCUT2D eigenvalue weighted by atomic mass is 10.3. The summed E-state index contributed by atoms with van der Waals surface area (Å²) in [5.74, 6) is -1.85. The van der Waals surface area contributed by atoms with Gasteiger partial charge >= 0.3 is 0 Å². The van der Waals surface area contributed by atoms with Crippen LogP contribution in [-0.2, 0) is 14.4 Å². The summed E-state index contributed by atoms with van der Waals surface area (Å²) in [7, 11) is 0. The summed E-state index contributed by atoms with van der Waals surface area (Å²) >= 11 is 0. The Hall–Kier alpha value is -2.19. The van der Waals surface area contributed by atoms with Crippen molar-refractivity contribution >= 4 is 35.8 Å². The Labute approximate surface area is 126 Å². The lowest BCUT2D eigenvalue weighted by Gasteiger charge is -2.07. The van der Waals surface area contributed by atoms with E-state index in [0.29, 0.717) is 5.69 Å². The van der Waals surface area contributed by atoms with Crippen LogP contribution in [0.4, 0.5) is 10.1 Å². The summed E-state index contributed by atoms with van der Waals surface area (Å²) in [5.41, 5.74) is 5.46. The van der Waals surface area contributed by atoms with E-state index < -0.39 is 23.5 Å². The molecule has 0 aliphatic rings. The van der Waals surface area contributed by atoms with Gasteiger partial charge in [0.25, 0.3) is 0 Å². The highest BCUT2D eigenvalue weighted by Gasteiger charge is 2.07. The van der Waals surface area contributed by atoms with Gasteiger partial charge in [-0.05, 0) is 24.3 Å². The van der Waals surface area contributed by atoms with Gasteiger partial charge in [0.15, 0.2) is 0 Å². The van der Waals surface area contributed by atoms with Gasteiger partial charge in [-0.25, -0.2) is 4.39 Å². The van der Waals surface area contributed by atoms with Crippen molar-refractivity contribution in [3.63, 3.8) is 0 Å². The minimum atomic E-state index is -0.513.